The van der Waals surface area contributed by atoms with Crippen molar-refractivity contribution in [1.82, 2.24) is 10.6 Å². The van der Waals surface area contributed by atoms with Crippen LogP contribution < -0.4 is 15.5 Å². The van der Waals surface area contributed by atoms with Gasteiger partial charge in [0.1, 0.15) is 5.92 Å². The Kier molecular flexibility index (Phi) is 7.61. The third-order valence-electron chi connectivity index (χ3n) is 6.18. The summed E-state index contributed by atoms with van der Waals surface area (Å²) in [4.78, 5) is 44.8. The number of para-hydroxylation sites is 1. The fraction of sp³-hybridized carbons (Fsp3) is 0.214. The molecule has 3 aromatic rings. The van der Waals surface area contributed by atoms with Gasteiger partial charge in [0.25, 0.3) is 5.91 Å². The molecule has 0 saturated carbocycles. The Balaban J connectivity index is 1.51. The van der Waals surface area contributed by atoms with E-state index in [1.54, 1.807) is 19.2 Å². The number of aliphatic imine (C=N–C) groups is 1. The summed E-state index contributed by atoms with van der Waals surface area (Å²) < 4.78 is 38.9. The molecule has 2 N–H and O–H groups in total. The number of halogens is 3. The number of nitrogens with zero attached hydrogens (tertiary/aromatic N) is 2. The van der Waals surface area contributed by atoms with Crippen molar-refractivity contribution < 1.29 is 27.6 Å². The minimum absolute atomic E-state index is 0.197. The highest BCUT2D eigenvalue weighted by atomic mass is 19.4. The number of anilines is 1. The molecule has 3 amide bonds. The summed E-state index contributed by atoms with van der Waals surface area (Å²) in [5.41, 5.74) is 1.97. The number of amides is 3. The first-order valence-electron chi connectivity index (χ1n) is 11.8. The highest BCUT2D eigenvalue weighted by molar-refractivity contribution is 6.20. The molecule has 0 radical (unpaired) electrons. The lowest BCUT2D eigenvalue weighted by Crippen LogP contribution is -2.49. The molecule has 0 aromatic heterocycles. The molecule has 1 aliphatic rings. The van der Waals surface area contributed by atoms with Gasteiger partial charge in [0, 0.05) is 24.7 Å². The average molecular weight is 523 g/mol. The van der Waals surface area contributed by atoms with E-state index in [4.69, 9.17) is 0 Å². The summed E-state index contributed by atoms with van der Waals surface area (Å²) in [7, 11) is 1.58. The van der Waals surface area contributed by atoms with Crippen LogP contribution in [0, 0.1) is 5.92 Å². The van der Waals surface area contributed by atoms with Crippen molar-refractivity contribution in [3.05, 3.63) is 101 Å². The van der Waals surface area contributed by atoms with Gasteiger partial charge in [-0.1, -0.05) is 60.7 Å². The monoisotopic (exact) mass is 522 g/mol. The predicted molar refractivity (Wildman–Crippen MR) is 136 cm³/mol. The molecule has 0 saturated heterocycles. The van der Waals surface area contributed by atoms with E-state index in [1.807, 2.05) is 42.5 Å². The molecular formula is C28H25F3N4O3. The number of nitrogens with one attached hydrogen (secondary N) is 2. The molecule has 7 nitrogen and oxygen atoms in total. The second-order valence-corrected chi connectivity index (χ2v) is 8.81. The van der Waals surface area contributed by atoms with E-state index < -0.39 is 41.5 Å². The normalized spacial score (nSPS) is 16.1. The van der Waals surface area contributed by atoms with Gasteiger partial charge < -0.3 is 15.5 Å². The van der Waals surface area contributed by atoms with Gasteiger partial charge in [0.2, 0.25) is 18.0 Å². The zero-order valence-electron chi connectivity index (χ0n) is 20.6. The highest BCUT2D eigenvalue weighted by Crippen LogP contribution is 2.30. The van der Waals surface area contributed by atoms with E-state index in [0.717, 1.165) is 17.7 Å². The molecule has 196 valence electrons. The lowest BCUT2D eigenvalue weighted by atomic mass is 10.0. The Bertz CT molecular complexity index is 1390. The molecule has 10 heteroatoms. The lowest BCUT2D eigenvalue weighted by Gasteiger charge is -2.22. The molecular weight excluding hydrogens is 497 g/mol. The van der Waals surface area contributed by atoms with Crippen LogP contribution in [0.4, 0.5) is 18.9 Å². The van der Waals surface area contributed by atoms with Gasteiger partial charge in [-0.25, -0.2) is 4.99 Å². The van der Waals surface area contributed by atoms with Crippen LogP contribution in [0.5, 0.6) is 0 Å². The van der Waals surface area contributed by atoms with Crippen molar-refractivity contribution >= 4 is 29.1 Å². The van der Waals surface area contributed by atoms with Crippen LogP contribution >= 0.6 is 0 Å². The van der Waals surface area contributed by atoms with E-state index >= 15 is 0 Å². The Morgan fingerprint density at radius 3 is 2.37 bits per heavy atom. The summed E-state index contributed by atoms with van der Waals surface area (Å²) in [6.45, 7) is 1.15. The molecule has 1 heterocycles. The maximum atomic E-state index is 13.2. The van der Waals surface area contributed by atoms with E-state index in [1.165, 1.54) is 24.0 Å². The molecule has 1 aliphatic heterocycles. The van der Waals surface area contributed by atoms with Crippen LogP contribution in [0.25, 0.3) is 0 Å². The van der Waals surface area contributed by atoms with Crippen LogP contribution in [0.1, 0.15) is 29.2 Å². The van der Waals surface area contributed by atoms with Gasteiger partial charge in [-0.2, -0.15) is 13.2 Å². The number of benzene rings is 3. The zero-order valence-corrected chi connectivity index (χ0v) is 20.6. The van der Waals surface area contributed by atoms with Gasteiger partial charge in [0.05, 0.1) is 17.0 Å². The average Bonchev–Trinajstić information content (AvgIpc) is 3.02. The fourth-order valence-corrected chi connectivity index (χ4v) is 4.02. The minimum atomic E-state index is -4.51. The molecule has 2 unspecified atom stereocenters. The van der Waals surface area contributed by atoms with Crippen molar-refractivity contribution in [3.63, 3.8) is 0 Å². The summed E-state index contributed by atoms with van der Waals surface area (Å²) in [5.74, 6) is -3.18. The van der Waals surface area contributed by atoms with Gasteiger partial charge in [-0.05, 0) is 30.7 Å². The van der Waals surface area contributed by atoms with Crippen molar-refractivity contribution in [2.45, 2.75) is 25.8 Å². The standard InChI is InChI=1S/C28H25F3N4O3/c1-17(25(36)32-16-18-9-8-12-20(15-18)28(29,30)31)26(37)34-24-27(38)35(2)22-14-7-6-13-21(22)23(33-24)19-10-4-3-5-11-19/h3-15,17,24H,16H2,1-2H3,(H,32,36)(H,34,37). The zero-order chi connectivity index (χ0) is 27.4. The van der Waals surface area contributed by atoms with Crippen molar-refractivity contribution in [2.75, 3.05) is 11.9 Å². The maximum absolute atomic E-state index is 13.2. The van der Waals surface area contributed by atoms with Gasteiger partial charge in [-0.3, -0.25) is 14.4 Å². The SMILES string of the molecule is CC(C(=O)NCc1cccc(C(F)(F)F)c1)C(=O)NC1N=C(c2ccccc2)c2ccccc2N(C)C1=O. The Labute approximate surface area is 217 Å². The first-order valence-corrected chi connectivity index (χ1v) is 11.8. The number of fused-ring (bicyclic) bond motifs is 1. The summed E-state index contributed by atoms with van der Waals surface area (Å²) >= 11 is 0. The molecule has 0 bridgehead atoms. The third kappa shape index (κ3) is 5.74. The van der Waals surface area contributed by atoms with E-state index in [9.17, 15) is 27.6 Å². The van der Waals surface area contributed by atoms with Crippen molar-refractivity contribution in [2.24, 2.45) is 10.9 Å². The van der Waals surface area contributed by atoms with Gasteiger partial charge in [-0.15, -0.1) is 0 Å². The lowest BCUT2D eigenvalue weighted by molar-refractivity contribution is -0.137. The van der Waals surface area contributed by atoms with Crippen LogP contribution in [-0.4, -0.2) is 36.6 Å². The highest BCUT2D eigenvalue weighted by Gasteiger charge is 2.33. The fourth-order valence-electron chi connectivity index (χ4n) is 4.02. The summed E-state index contributed by atoms with van der Waals surface area (Å²) in [6.07, 6.45) is -5.81. The van der Waals surface area contributed by atoms with Crippen LogP contribution in [0.15, 0.2) is 83.9 Å². The second-order valence-electron chi connectivity index (χ2n) is 8.81. The number of carbonyl (C=O) groups is 3. The second kappa shape index (κ2) is 10.9. The van der Waals surface area contributed by atoms with E-state index in [0.29, 0.717) is 17.0 Å². The summed E-state index contributed by atoms with van der Waals surface area (Å²) in [5, 5.41) is 5.03. The van der Waals surface area contributed by atoms with E-state index in [2.05, 4.69) is 15.6 Å². The Hall–Kier alpha value is -4.47. The number of hydrogen-bond donors (Lipinski definition) is 2. The Morgan fingerprint density at radius 1 is 0.974 bits per heavy atom. The number of hydrogen-bond acceptors (Lipinski definition) is 4. The first-order chi connectivity index (χ1) is 18.1. The maximum Gasteiger partial charge on any atom is 0.416 e. The minimum Gasteiger partial charge on any atom is -0.351 e. The molecule has 0 fully saturated rings. The smallest absolute Gasteiger partial charge is 0.351 e. The number of rotatable bonds is 6. The van der Waals surface area contributed by atoms with Gasteiger partial charge >= 0.3 is 6.18 Å². The number of alkyl halides is 3. The topological polar surface area (TPSA) is 90.9 Å². The number of benzodiazepines with no additional fused rings is 1. The third-order valence-corrected chi connectivity index (χ3v) is 6.18. The molecule has 3 aromatic carbocycles. The first kappa shape index (κ1) is 26.6. The van der Waals surface area contributed by atoms with Crippen molar-refractivity contribution in [1.29, 1.82) is 0 Å². The molecule has 38 heavy (non-hydrogen) atoms. The summed E-state index contributed by atoms with van der Waals surface area (Å²) in [6, 6.07) is 21.0. The van der Waals surface area contributed by atoms with Crippen LogP contribution in [-0.2, 0) is 27.1 Å². The van der Waals surface area contributed by atoms with E-state index in [-0.39, 0.29) is 12.1 Å². The van der Waals surface area contributed by atoms with Crippen molar-refractivity contribution in [3.8, 4) is 0 Å². The quantitative estimate of drug-likeness (QED) is 0.481. The number of carbonyl (C=O) groups excluding carboxylic acids is 3. The number of likely N-dealkylation sites (N-methyl/N-ethyl adjacent to an activating group) is 1. The van der Waals surface area contributed by atoms with Crippen LogP contribution in [0.2, 0.25) is 0 Å². The molecule has 2 atom stereocenters. The predicted octanol–water partition coefficient (Wildman–Crippen LogP) is 3.91. The van der Waals surface area contributed by atoms with Gasteiger partial charge in [0.15, 0.2) is 0 Å². The largest absolute Gasteiger partial charge is 0.416 e. The molecule has 0 spiro atoms. The Morgan fingerprint density at radius 2 is 1.66 bits per heavy atom. The molecule has 0 aliphatic carbocycles. The molecule has 4 rings (SSSR count). The van der Waals surface area contributed by atoms with Crippen LogP contribution in [0.3, 0.4) is 0 Å².